The third kappa shape index (κ3) is 4.09. The maximum Gasteiger partial charge on any atom is 0.174 e. The fraction of sp³-hybridized carbons (Fsp3) is 0.0769. The molecule has 0 bridgehead atoms. The van der Waals surface area contributed by atoms with Gasteiger partial charge in [0.05, 0.1) is 27.8 Å². The number of nitrogens with zero attached hydrogens (tertiary/aromatic N) is 4. The SMILES string of the molecule is CC(=O)/C=C(/C)O.[Ir].[c-]1cccc2c3ccccc3n3c4nc5ccccc5nc4[c-][n+]3c12. The van der Waals surface area contributed by atoms with Crippen LogP contribution in [0.3, 0.4) is 0 Å². The molecule has 0 aliphatic carbocycles. The van der Waals surface area contributed by atoms with Crippen molar-refractivity contribution in [2.75, 3.05) is 0 Å². The predicted octanol–water partition coefficient (Wildman–Crippen LogP) is 4.56. The van der Waals surface area contributed by atoms with Crippen LogP contribution in [0.4, 0.5) is 0 Å². The number of para-hydroxylation sites is 4. The summed E-state index contributed by atoms with van der Waals surface area (Å²) >= 11 is 0. The van der Waals surface area contributed by atoms with Crippen LogP contribution in [0.5, 0.6) is 0 Å². The summed E-state index contributed by atoms with van der Waals surface area (Å²) in [6, 6.07) is 25.7. The van der Waals surface area contributed by atoms with E-state index < -0.39 is 0 Å². The van der Waals surface area contributed by atoms with Crippen LogP contribution >= 0.6 is 0 Å². The molecule has 1 N–H and O–H groups in total. The van der Waals surface area contributed by atoms with E-state index in [-0.39, 0.29) is 31.6 Å². The van der Waals surface area contributed by atoms with E-state index in [1.807, 2.05) is 47.0 Å². The van der Waals surface area contributed by atoms with Crippen molar-refractivity contribution < 1.29 is 34.5 Å². The molecular weight excluding hydrogens is 593 g/mol. The molecule has 0 atom stereocenters. The number of fused-ring (bicyclic) bond motifs is 9. The summed E-state index contributed by atoms with van der Waals surface area (Å²) < 4.78 is 4.05. The van der Waals surface area contributed by atoms with Crippen LogP contribution in [0, 0.1) is 12.3 Å². The number of benzene rings is 3. The Morgan fingerprint density at radius 1 is 0.970 bits per heavy atom. The van der Waals surface area contributed by atoms with Gasteiger partial charge in [-0.15, -0.1) is 5.39 Å². The summed E-state index contributed by atoms with van der Waals surface area (Å²) in [6.07, 6.45) is 4.55. The number of hydrogen-bond acceptors (Lipinski definition) is 4. The van der Waals surface area contributed by atoms with Gasteiger partial charge in [0.25, 0.3) is 0 Å². The van der Waals surface area contributed by atoms with E-state index in [2.05, 4.69) is 41.0 Å². The molecule has 0 amide bonds. The molecule has 6 aromatic rings. The molecule has 7 heteroatoms. The van der Waals surface area contributed by atoms with Gasteiger partial charge < -0.3 is 5.11 Å². The molecule has 0 fully saturated rings. The maximum absolute atomic E-state index is 10.0. The summed E-state index contributed by atoms with van der Waals surface area (Å²) in [5.41, 5.74) is 5.34. The summed E-state index contributed by atoms with van der Waals surface area (Å²) in [5.74, 6) is -0.0625. The van der Waals surface area contributed by atoms with Crippen molar-refractivity contribution in [1.29, 1.82) is 0 Å². The number of hydrogen-bond donors (Lipinski definition) is 1. The fourth-order valence-electron chi connectivity index (χ4n) is 3.84. The summed E-state index contributed by atoms with van der Waals surface area (Å²) in [5, 5.41) is 10.7. The van der Waals surface area contributed by atoms with Crippen LogP contribution in [0.1, 0.15) is 13.8 Å². The number of aromatic nitrogens is 4. The molecule has 3 heterocycles. The van der Waals surface area contributed by atoms with Gasteiger partial charge in [0, 0.05) is 31.7 Å². The first kappa shape index (κ1) is 22.5. The summed E-state index contributed by atoms with van der Waals surface area (Å²) in [4.78, 5) is 19.6. The Hall–Kier alpha value is -3.67. The molecule has 0 saturated heterocycles. The van der Waals surface area contributed by atoms with E-state index in [0.29, 0.717) is 0 Å². The Balaban J connectivity index is 0.000000287. The monoisotopic (exact) mass is 612 g/mol. The van der Waals surface area contributed by atoms with Crippen LogP contribution in [0.2, 0.25) is 0 Å². The predicted molar refractivity (Wildman–Crippen MR) is 123 cm³/mol. The van der Waals surface area contributed by atoms with Gasteiger partial charge in [0.15, 0.2) is 12.0 Å². The molecule has 0 aliphatic heterocycles. The average molecular weight is 612 g/mol. The van der Waals surface area contributed by atoms with Crippen LogP contribution in [-0.2, 0) is 24.9 Å². The third-order valence-electron chi connectivity index (χ3n) is 5.05. The molecule has 3 aromatic heterocycles. The third-order valence-corrected chi connectivity index (χ3v) is 5.05. The summed E-state index contributed by atoms with van der Waals surface area (Å²) in [6.45, 7) is 2.85. The van der Waals surface area contributed by atoms with Crippen LogP contribution in [0.15, 0.2) is 78.6 Å². The maximum atomic E-state index is 10.0. The van der Waals surface area contributed by atoms with Gasteiger partial charge in [-0.05, 0) is 32.0 Å². The molecule has 0 unspecified atom stereocenters. The first-order chi connectivity index (χ1) is 15.5. The molecule has 165 valence electrons. The van der Waals surface area contributed by atoms with Gasteiger partial charge in [-0.3, -0.25) is 14.8 Å². The van der Waals surface area contributed by atoms with Crippen molar-refractivity contribution >= 4 is 49.8 Å². The minimum Gasteiger partial charge on any atom is -0.512 e. The standard InChI is InChI=1S/C21H11N4.C5H8O2.Ir/c1-5-11-19-14(7-1)15-8-2-6-12-20(15)25-21-18(13-24(19)25)22-16-9-3-4-10-17(16)23-21;1-4(6)3-5(2)7;/h1-10,12H;3,6H,1-2H3;/q-1;;/b;4-3-;. The van der Waals surface area contributed by atoms with E-state index >= 15 is 0 Å². The Morgan fingerprint density at radius 3 is 2.33 bits per heavy atom. The number of carbonyl (C=O) groups excluding carboxylic acids is 1. The van der Waals surface area contributed by atoms with E-state index in [4.69, 9.17) is 15.1 Å². The van der Waals surface area contributed by atoms with Crippen LogP contribution in [0.25, 0.3) is 44.0 Å². The molecular formula is C26H19IrN4O2-. The molecule has 33 heavy (non-hydrogen) atoms. The van der Waals surface area contributed by atoms with E-state index in [9.17, 15) is 4.79 Å². The second-order valence-corrected chi connectivity index (χ2v) is 7.47. The molecule has 6 nitrogen and oxygen atoms in total. The topological polar surface area (TPSA) is 71.6 Å². The Labute approximate surface area is 203 Å². The van der Waals surface area contributed by atoms with Crippen molar-refractivity contribution in [2.24, 2.45) is 0 Å². The van der Waals surface area contributed by atoms with E-state index in [1.54, 1.807) is 0 Å². The van der Waals surface area contributed by atoms with Crippen molar-refractivity contribution in [3.63, 3.8) is 0 Å². The smallest absolute Gasteiger partial charge is 0.174 e. The zero-order chi connectivity index (χ0) is 22.2. The Kier molecular flexibility index (Phi) is 6.18. The molecule has 0 saturated carbocycles. The van der Waals surface area contributed by atoms with Gasteiger partial charge in [-0.25, -0.2) is 4.52 Å². The molecule has 6 rings (SSSR count). The first-order valence-corrected chi connectivity index (χ1v) is 10.1. The largest absolute Gasteiger partial charge is 0.512 e. The van der Waals surface area contributed by atoms with Crippen molar-refractivity contribution in [3.8, 4) is 0 Å². The van der Waals surface area contributed by atoms with Crippen LogP contribution < -0.4 is 4.52 Å². The van der Waals surface area contributed by atoms with Crippen LogP contribution in [-0.4, -0.2) is 25.4 Å². The Morgan fingerprint density at radius 2 is 1.64 bits per heavy atom. The van der Waals surface area contributed by atoms with E-state index in [1.165, 1.54) is 19.9 Å². The van der Waals surface area contributed by atoms with Gasteiger partial charge >= 0.3 is 0 Å². The average Bonchev–Trinajstić information content (AvgIpc) is 3.16. The number of aliphatic hydroxyl groups is 1. The number of aliphatic hydroxyl groups excluding tert-OH is 1. The zero-order valence-corrected chi connectivity index (χ0v) is 20.3. The second kappa shape index (κ2) is 9.06. The first-order valence-electron chi connectivity index (χ1n) is 10.1. The van der Waals surface area contributed by atoms with Gasteiger partial charge in [0.1, 0.15) is 5.65 Å². The van der Waals surface area contributed by atoms with Gasteiger partial charge in [-0.1, -0.05) is 35.7 Å². The van der Waals surface area contributed by atoms with Gasteiger partial charge in [0.2, 0.25) is 0 Å². The number of allylic oxidation sites excluding steroid dienone is 2. The number of ketones is 1. The van der Waals surface area contributed by atoms with Crippen molar-refractivity contribution in [3.05, 3.63) is 90.8 Å². The minimum absolute atomic E-state index is 0. The summed E-state index contributed by atoms with van der Waals surface area (Å²) in [7, 11) is 0. The molecule has 3 aromatic carbocycles. The molecule has 1 radical (unpaired) electrons. The molecule has 0 spiro atoms. The second-order valence-electron chi connectivity index (χ2n) is 7.47. The van der Waals surface area contributed by atoms with Gasteiger partial charge in [-0.2, -0.15) is 28.8 Å². The van der Waals surface area contributed by atoms with Crippen molar-refractivity contribution in [1.82, 2.24) is 14.5 Å². The fourth-order valence-corrected chi connectivity index (χ4v) is 3.84. The van der Waals surface area contributed by atoms with E-state index in [0.717, 1.165) is 44.0 Å². The Bertz CT molecular complexity index is 1680. The zero-order valence-electron chi connectivity index (χ0n) is 17.9. The number of rotatable bonds is 1. The quantitative estimate of drug-likeness (QED) is 0.0974. The number of carbonyl (C=O) groups is 1. The minimum atomic E-state index is -0.125. The normalized spacial score (nSPS) is 11.5. The van der Waals surface area contributed by atoms with Crippen molar-refractivity contribution in [2.45, 2.75) is 13.8 Å². The molecule has 0 aliphatic rings.